The molecule has 2 amide bonds. The number of rotatable bonds is 3. The smallest absolute Gasteiger partial charge is 0.239 e. The Hall–Kier alpha value is -2.24. The van der Waals surface area contributed by atoms with E-state index in [9.17, 15) is 18.8 Å². The molecule has 1 saturated heterocycles. The van der Waals surface area contributed by atoms with E-state index in [4.69, 9.17) is 0 Å². The van der Waals surface area contributed by atoms with Crippen molar-refractivity contribution in [2.75, 3.05) is 19.6 Å². The van der Waals surface area contributed by atoms with Gasteiger partial charge in [-0.3, -0.25) is 14.4 Å². The van der Waals surface area contributed by atoms with Crippen LogP contribution in [0, 0.1) is 29.0 Å². The van der Waals surface area contributed by atoms with Gasteiger partial charge in [-0.1, -0.05) is 19.1 Å². The molecule has 0 aromatic heterocycles. The third kappa shape index (κ3) is 3.39. The monoisotopic (exact) mass is 426 g/mol. The Balaban J connectivity index is 1.35. The summed E-state index contributed by atoms with van der Waals surface area (Å²) in [5, 5.41) is 2.75. The van der Waals surface area contributed by atoms with Crippen LogP contribution in [0.25, 0.3) is 0 Å². The molecule has 5 rings (SSSR count). The van der Waals surface area contributed by atoms with Crippen LogP contribution in [0.15, 0.2) is 18.2 Å². The molecular formula is C25H31FN2O3. The van der Waals surface area contributed by atoms with E-state index in [1.165, 1.54) is 0 Å². The van der Waals surface area contributed by atoms with Crippen LogP contribution in [0.4, 0.5) is 4.39 Å². The van der Waals surface area contributed by atoms with Gasteiger partial charge in [0.15, 0.2) is 0 Å². The predicted molar refractivity (Wildman–Crippen MR) is 114 cm³/mol. The summed E-state index contributed by atoms with van der Waals surface area (Å²) in [6.07, 6.45) is 5.08. The summed E-state index contributed by atoms with van der Waals surface area (Å²) in [5.74, 6) is 1.30. The van der Waals surface area contributed by atoms with Crippen molar-refractivity contribution >= 4 is 17.6 Å². The minimum Gasteiger partial charge on any atom is -0.353 e. The van der Waals surface area contributed by atoms with Gasteiger partial charge >= 0.3 is 0 Å². The number of piperazine rings is 1. The molecule has 6 heteroatoms. The van der Waals surface area contributed by atoms with E-state index in [1.54, 1.807) is 11.0 Å². The van der Waals surface area contributed by atoms with Crippen molar-refractivity contribution in [3.8, 4) is 0 Å². The van der Waals surface area contributed by atoms with Crippen molar-refractivity contribution in [1.29, 1.82) is 0 Å². The number of benzene rings is 1. The van der Waals surface area contributed by atoms with Crippen LogP contribution in [-0.4, -0.2) is 42.1 Å². The fraction of sp³-hybridized carbons (Fsp3) is 0.640. The molecule has 31 heavy (non-hydrogen) atoms. The molecule has 0 radical (unpaired) electrons. The van der Waals surface area contributed by atoms with E-state index in [-0.39, 0.29) is 41.4 Å². The molecule has 166 valence electrons. The highest BCUT2D eigenvalue weighted by Crippen LogP contribution is 2.62. The third-order valence-corrected chi connectivity index (χ3v) is 8.68. The van der Waals surface area contributed by atoms with E-state index < -0.39 is 0 Å². The van der Waals surface area contributed by atoms with Crippen LogP contribution in [0.5, 0.6) is 0 Å². The quantitative estimate of drug-likeness (QED) is 0.807. The average Bonchev–Trinajstić information content (AvgIpc) is 3.02. The zero-order valence-electron chi connectivity index (χ0n) is 18.2. The minimum absolute atomic E-state index is 0.0133. The number of halogens is 1. The Morgan fingerprint density at radius 3 is 2.94 bits per heavy atom. The van der Waals surface area contributed by atoms with Crippen molar-refractivity contribution in [3.63, 3.8) is 0 Å². The molecule has 3 fully saturated rings. The second-order valence-electron chi connectivity index (χ2n) is 10.2. The molecular weight excluding hydrogens is 395 g/mol. The number of ketones is 1. The maximum atomic E-state index is 14.4. The van der Waals surface area contributed by atoms with Crippen LogP contribution in [0.1, 0.15) is 62.5 Å². The van der Waals surface area contributed by atoms with Crippen molar-refractivity contribution < 1.29 is 18.8 Å². The van der Waals surface area contributed by atoms with Crippen molar-refractivity contribution in [2.45, 2.75) is 57.8 Å². The summed E-state index contributed by atoms with van der Waals surface area (Å²) in [6.45, 7) is 3.33. The Kier molecular flexibility index (Phi) is 5.14. The first kappa shape index (κ1) is 20.7. The molecule has 4 aliphatic rings. The topological polar surface area (TPSA) is 66.5 Å². The first-order valence-corrected chi connectivity index (χ1v) is 11.7. The number of nitrogens with one attached hydrogen (secondary N) is 1. The first-order chi connectivity index (χ1) is 14.9. The highest BCUT2D eigenvalue weighted by molar-refractivity contribution is 5.88. The fourth-order valence-corrected chi connectivity index (χ4v) is 7.22. The first-order valence-electron chi connectivity index (χ1n) is 11.7. The van der Waals surface area contributed by atoms with Gasteiger partial charge in [0.05, 0.1) is 6.54 Å². The van der Waals surface area contributed by atoms with E-state index in [0.29, 0.717) is 50.0 Å². The van der Waals surface area contributed by atoms with Gasteiger partial charge in [0.1, 0.15) is 11.6 Å². The van der Waals surface area contributed by atoms with E-state index in [0.717, 1.165) is 36.8 Å². The van der Waals surface area contributed by atoms with Gasteiger partial charge in [0, 0.05) is 31.3 Å². The number of Topliss-reactive ketones (excluding diaryl/α,β-unsaturated/α-hetero) is 1. The number of hydrogen-bond acceptors (Lipinski definition) is 3. The largest absolute Gasteiger partial charge is 0.353 e. The molecule has 0 spiro atoms. The summed E-state index contributed by atoms with van der Waals surface area (Å²) in [5.41, 5.74) is 1.70. The van der Waals surface area contributed by atoms with Gasteiger partial charge in [-0.25, -0.2) is 4.39 Å². The second kappa shape index (κ2) is 7.72. The van der Waals surface area contributed by atoms with Crippen LogP contribution >= 0.6 is 0 Å². The summed E-state index contributed by atoms with van der Waals surface area (Å²) in [7, 11) is 0. The van der Waals surface area contributed by atoms with Crippen molar-refractivity contribution in [1.82, 2.24) is 10.2 Å². The highest BCUT2D eigenvalue weighted by atomic mass is 19.1. The maximum Gasteiger partial charge on any atom is 0.239 e. The van der Waals surface area contributed by atoms with E-state index in [1.807, 2.05) is 6.07 Å². The van der Waals surface area contributed by atoms with E-state index in [2.05, 4.69) is 18.3 Å². The summed E-state index contributed by atoms with van der Waals surface area (Å²) < 4.78 is 14.4. The zero-order chi connectivity index (χ0) is 21.8. The van der Waals surface area contributed by atoms with Gasteiger partial charge < -0.3 is 10.2 Å². The normalized spacial score (nSPS) is 34.6. The Bertz CT molecular complexity index is 931. The van der Waals surface area contributed by atoms with Crippen molar-refractivity contribution in [3.05, 3.63) is 35.1 Å². The molecule has 1 heterocycles. The van der Waals surface area contributed by atoms with Gasteiger partial charge in [-0.05, 0) is 73.0 Å². The van der Waals surface area contributed by atoms with E-state index >= 15 is 0 Å². The third-order valence-electron chi connectivity index (χ3n) is 8.68. The number of hydrogen-bond donors (Lipinski definition) is 1. The van der Waals surface area contributed by atoms with Gasteiger partial charge in [0.2, 0.25) is 11.8 Å². The second-order valence-corrected chi connectivity index (χ2v) is 10.2. The number of amides is 2. The summed E-state index contributed by atoms with van der Waals surface area (Å²) in [6, 6.07) is 5.45. The standard InChI is InChI=1S/C25H31FN2O3/c1-25-10-9-17-16-3-2-4-20(26)18(16)6-7-19(17)24(25)15(13-21(25)29)5-8-23(31)28-12-11-27-22(30)14-28/h2-4,15,17,19,24H,5-14H2,1H3,(H,27,30)/t15-,17?,19?,24?,25-/m1/s1. The molecule has 1 aliphatic heterocycles. The molecule has 3 unspecified atom stereocenters. The Morgan fingerprint density at radius 2 is 2.13 bits per heavy atom. The molecule has 0 bridgehead atoms. The fourth-order valence-electron chi connectivity index (χ4n) is 7.22. The minimum atomic E-state index is -0.315. The van der Waals surface area contributed by atoms with Crippen LogP contribution in [0.3, 0.4) is 0 Å². The lowest BCUT2D eigenvalue weighted by molar-refractivity contribution is -0.138. The number of carbonyl (C=O) groups is 3. The molecule has 1 N–H and O–H groups in total. The zero-order valence-corrected chi connectivity index (χ0v) is 18.2. The lowest BCUT2D eigenvalue weighted by Crippen LogP contribution is -2.50. The molecule has 5 atom stereocenters. The van der Waals surface area contributed by atoms with Gasteiger partial charge in [0.25, 0.3) is 0 Å². The summed E-state index contributed by atoms with van der Waals surface area (Å²) >= 11 is 0. The van der Waals surface area contributed by atoms with Crippen LogP contribution in [-0.2, 0) is 20.8 Å². The predicted octanol–water partition coefficient (Wildman–Crippen LogP) is 3.22. The molecule has 1 aromatic rings. The highest BCUT2D eigenvalue weighted by Gasteiger charge is 2.58. The van der Waals surface area contributed by atoms with Gasteiger partial charge in [-0.2, -0.15) is 0 Å². The lowest BCUT2D eigenvalue weighted by Gasteiger charge is -2.50. The summed E-state index contributed by atoms with van der Waals surface area (Å²) in [4.78, 5) is 39.1. The molecule has 3 aliphatic carbocycles. The molecule has 5 nitrogen and oxygen atoms in total. The number of carbonyl (C=O) groups excluding carboxylic acids is 3. The SMILES string of the molecule is C[C@]12CCC3c4cccc(F)c4CCC3C1[C@H](CCC(=O)N1CCNC(=O)C1)CC2=O. The van der Waals surface area contributed by atoms with Crippen molar-refractivity contribution in [2.24, 2.45) is 23.2 Å². The van der Waals surface area contributed by atoms with Gasteiger partial charge in [-0.15, -0.1) is 0 Å². The maximum absolute atomic E-state index is 14.4. The number of nitrogens with zero attached hydrogens (tertiary/aromatic N) is 1. The van der Waals surface area contributed by atoms with Crippen LogP contribution in [0.2, 0.25) is 0 Å². The Morgan fingerprint density at radius 1 is 1.29 bits per heavy atom. The average molecular weight is 427 g/mol. The molecule has 1 aromatic carbocycles. The molecule has 2 saturated carbocycles. The number of fused-ring (bicyclic) bond motifs is 5. The lowest BCUT2D eigenvalue weighted by atomic mass is 9.54. The van der Waals surface area contributed by atoms with Crippen LogP contribution < -0.4 is 5.32 Å². The Labute approximate surface area is 182 Å².